The van der Waals surface area contributed by atoms with Gasteiger partial charge in [-0.05, 0) is 61.6 Å². The number of carbonyl (C=O) groups is 3. The molecule has 170 valence electrons. The van der Waals surface area contributed by atoms with Crippen LogP contribution in [-0.4, -0.2) is 46.8 Å². The van der Waals surface area contributed by atoms with Crippen LogP contribution in [0.3, 0.4) is 0 Å². The molecule has 1 heterocycles. The molecular weight excluding hydrogens is 436 g/mol. The second kappa shape index (κ2) is 10.5. The molecule has 4 rings (SSSR count). The minimum Gasteiger partial charge on any atom is -0.349 e. The second-order valence-corrected chi connectivity index (χ2v) is 9.00. The second-order valence-electron chi connectivity index (χ2n) is 8.01. The fourth-order valence-corrected chi connectivity index (χ4v) is 3.86. The number of rotatable bonds is 9. The van der Waals surface area contributed by atoms with Gasteiger partial charge < -0.3 is 16.0 Å². The van der Waals surface area contributed by atoms with E-state index in [9.17, 15) is 14.4 Å². The topological polar surface area (TPSA) is 100 Å². The Morgan fingerprint density at radius 1 is 1.03 bits per heavy atom. The van der Waals surface area contributed by atoms with E-state index in [4.69, 9.17) is 0 Å². The number of thioether (sulfide) groups is 1. The zero-order valence-corrected chi connectivity index (χ0v) is 19.2. The van der Waals surface area contributed by atoms with Crippen LogP contribution in [0.25, 0.3) is 10.9 Å². The third-order valence-electron chi connectivity index (χ3n) is 5.37. The van der Waals surface area contributed by atoms with E-state index >= 15 is 0 Å². The molecule has 7 nitrogen and oxygen atoms in total. The average Bonchev–Trinajstić information content (AvgIpc) is 3.65. The quantitative estimate of drug-likeness (QED) is 0.451. The van der Waals surface area contributed by atoms with Crippen LogP contribution in [0, 0.1) is 0 Å². The summed E-state index contributed by atoms with van der Waals surface area (Å²) in [5, 5.41) is 9.54. The van der Waals surface area contributed by atoms with Crippen LogP contribution in [0.2, 0.25) is 0 Å². The van der Waals surface area contributed by atoms with E-state index in [2.05, 4.69) is 20.9 Å². The van der Waals surface area contributed by atoms with Gasteiger partial charge in [-0.1, -0.05) is 30.3 Å². The predicted molar refractivity (Wildman–Crippen MR) is 132 cm³/mol. The Balaban J connectivity index is 1.45. The Morgan fingerprint density at radius 3 is 2.64 bits per heavy atom. The summed E-state index contributed by atoms with van der Waals surface area (Å²) < 4.78 is 0. The Kier molecular flexibility index (Phi) is 7.24. The van der Waals surface area contributed by atoms with Crippen molar-refractivity contribution in [3.05, 3.63) is 71.9 Å². The van der Waals surface area contributed by atoms with Crippen molar-refractivity contribution >= 4 is 46.1 Å². The molecule has 0 spiro atoms. The molecule has 1 aliphatic carbocycles. The monoisotopic (exact) mass is 462 g/mol. The normalized spacial score (nSPS) is 13.8. The van der Waals surface area contributed by atoms with Gasteiger partial charge in [-0.2, -0.15) is 11.8 Å². The molecule has 33 heavy (non-hydrogen) atoms. The van der Waals surface area contributed by atoms with E-state index in [0.717, 1.165) is 23.7 Å². The molecule has 2 aromatic carbocycles. The van der Waals surface area contributed by atoms with Crippen molar-refractivity contribution in [1.29, 1.82) is 0 Å². The average molecular weight is 463 g/mol. The summed E-state index contributed by atoms with van der Waals surface area (Å²) in [5.41, 5.74) is 1.98. The lowest BCUT2D eigenvalue weighted by molar-refractivity contribution is -0.118. The fourth-order valence-electron chi connectivity index (χ4n) is 3.39. The van der Waals surface area contributed by atoms with E-state index in [0.29, 0.717) is 23.4 Å². The number of nitrogens with one attached hydrogen (secondary N) is 3. The molecule has 0 aliphatic heterocycles. The maximum Gasteiger partial charge on any atom is 0.270 e. The van der Waals surface area contributed by atoms with Crippen LogP contribution in [0.1, 0.15) is 40.1 Å². The van der Waals surface area contributed by atoms with Crippen molar-refractivity contribution in [3.63, 3.8) is 0 Å². The van der Waals surface area contributed by atoms with Crippen LogP contribution >= 0.6 is 11.8 Å². The first-order valence-corrected chi connectivity index (χ1v) is 12.3. The van der Waals surface area contributed by atoms with Gasteiger partial charge in [0.05, 0.1) is 5.52 Å². The molecule has 1 atom stereocenters. The summed E-state index contributed by atoms with van der Waals surface area (Å²) in [6.45, 7) is 0. The van der Waals surface area contributed by atoms with Gasteiger partial charge in [0, 0.05) is 22.7 Å². The molecule has 1 aliphatic rings. The number of anilines is 1. The van der Waals surface area contributed by atoms with E-state index in [-0.39, 0.29) is 23.6 Å². The molecule has 3 aromatic rings. The lowest BCUT2D eigenvalue weighted by atomic mass is 10.1. The molecule has 3 amide bonds. The first kappa shape index (κ1) is 22.8. The molecule has 1 saturated carbocycles. The fraction of sp³-hybridized carbons (Fsp3) is 0.280. The summed E-state index contributed by atoms with van der Waals surface area (Å²) in [4.78, 5) is 42.6. The van der Waals surface area contributed by atoms with E-state index in [1.54, 1.807) is 42.1 Å². The molecule has 1 fully saturated rings. The Hall–Kier alpha value is -3.39. The first-order valence-electron chi connectivity index (χ1n) is 10.9. The number of benzene rings is 2. The number of carbonyl (C=O) groups excluding carboxylic acids is 3. The Labute approximate surface area is 196 Å². The van der Waals surface area contributed by atoms with Gasteiger partial charge in [-0.3, -0.25) is 14.4 Å². The van der Waals surface area contributed by atoms with Gasteiger partial charge in [-0.15, -0.1) is 0 Å². The molecule has 0 saturated heterocycles. The third kappa shape index (κ3) is 6.10. The highest BCUT2D eigenvalue weighted by atomic mass is 32.2. The Bertz CT molecular complexity index is 1180. The maximum atomic E-state index is 13.0. The van der Waals surface area contributed by atoms with Crippen LogP contribution in [0.4, 0.5) is 5.69 Å². The number of nitrogens with zero attached hydrogens (tertiary/aromatic N) is 1. The third-order valence-corrected chi connectivity index (χ3v) is 6.01. The van der Waals surface area contributed by atoms with Crippen molar-refractivity contribution in [1.82, 2.24) is 15.6 Å². The van der Waals surface area contributed by atoms with Crippen molar-refractivity contribution in [3.8, 4) is 0 Å². The SMILES string of the molecule is CSCCC(NC(=O)c1ccc2ccccc2n1)C(=O)Nc1cccc(C(=O)NC2CC2)c1. The standard InChI is InChI=1S/C25H26N4O3S/c1-33-14-13-22(29-25(32)21-12-9-16-5-2-3-8-20(16)28-21)24(31)27-19-7-4-6-17(15-19)23(30)26-18-10-11-18/h2-9,12,15,18,22H,10-11,13-14H2,1H3,(H,26,30)(H,27,31)(H,29,32). The summed E-state index contributed by atoms with van der Waals surface area (Å²) in [5.74, 6) is -0.186. The van der Waals surface area contributed by atoms with Crippen molar-refractivity contribution in [2.75, 3.05) is 17.3 Å². The summed E-state index contributed by atoms with van der Waals surface area (Å²) in [7, 11) is 0. The zero-order valence-electron chi connectivity index (χ0n) is 18.3. The van der Waals surface area contributed by atoms with Crippen molar-refractivity contribution in [2.24, 2.45) is 0 Å². The minimum atomic E-state index is -0.734. The van der Waals surface area contributed by atoms with Gasteiger partial charge in [0.15, 0.2) is 0 Å². The summed E-state index contributed by atoms with van der Waals surface area (Å²) >= 11 is 1.60. The number of pyridine rings is 1. The van der Waals surface area contributed by atoms with E-state index in [1.165, 1.54) is 0 Å². The number of hydrogen-bond donors (Lipinski definition) is 3. The highest BCUT2D eigenvalue weighted by molar-refractivity contribution is 7.98. The van der Waals surface area contributed by atoms with E-state index < -0.39 is 11.9 Å². The van der Waals surface area contributed by atoms with Gasteiger partial charge in [-0.25, -0.2) is 4.98 Å². The van der Waals surface area contributed by atoms with E-state index in [1.807, 2.05) is 36.6 Å². The van der Waals surface area contributed by atoms with Gasteiger partial charge in [0.25, 0.3) is 11.8 Å². The number of hydrogen-bond acceptors (Lipinski definition) is 5. The highest BCUT2D eigenvalue weighted by Gasteiger charge is 2.25. The summed E-state index contributed by atoms with van der Waals surface area (Å²) in [6.07, 6.45) is 4.42. The molecule has 1 aromatic heterocycles. The molecule has 0 bridgehead atoms. The predicted octanol–water partition coefficient (Wildman–Crippen LogP) is 3.62. The summed E-state index contributed by atoms with van der Waals surface area (Å²) in [6, 6.07) is 17.4. The lowest BCUT2D eigenvalue weighted by Crippen LogP contribution is -2.44. The van der Waals surface area contributed by atoms with Crippen molar-refractivity contribution in [2.45, 2.75) is 31.3 Å². The number of para-hydroxylation sites is 1. The van der Waals surface area contributed by atoms with Crippen molar-refractivity contribution < 1.29 is 14.4 Å². The highest BCUT2D eigenvalue weighted by Crippen LogP contribution is 2.20. The first-order chi connectivity index (χ1) is 16.0. The van der Waals surface area contributed by atoms with Gasteiger partial charge in [0.1, 0.15) is 11.7 Å². The molecule has 0 radical (unpaired) electrons. The van der Waals surface area contributed by atoms with Crippen LogP contribution < -0.4 is 16.0 Å². The molecule has 8 heteroatoms. The molecule has 1 unspecified atom stereocenters. The Morgan fingerprint density at radius 2 is 1.85 bits per heavy atom. The van der Waals surface area contributed by atoms with Crippen LogP contribution in [0.5, 0.6) is 0 Å². The van der Waals surface area contributed by atoms with Crippen LogP contribution in [0.15, 0.2) is 60.7 Å². The zero-order chi connectivity index (χ0) is 23.2. The molecule has 3 N–H and O–H groups in total. The van der Waals surface area contributed by atoms with Gasteiger partial charge in [0.2, 0.25) is 5.91 Å². The molecular formula is C25H26N4O3S. The minimum absolute atomic E-state index is 0.150. The number of fused-ring (bicyclic) bond motifs is 1. The maximum absolute atomic E-state index is 13.0. The lowest BCUT2D eigenvalue weighted by Gasteiger charge is -2.18. The number of aromatic nitrogens is 1. The van der Waals surface area contributed by atoms with Gasteiger partial charge >= 0.3 is 0 Å². The van der Waals surface area contributed by atoms with Crippen LogP contribution in [-0.2, 0) is 4.79 Å². The largest absolute Gasteiger partial charge is 0.349 e. The number of amides is 3. The smallest absolute Gasteiger partial charge is 0.270 e.